The Balaban J connectivity index is 1.53. The summed E-state index contributed by atoms with van der Waals surface area (Å²) in [6.07, 6.45) is 6.06. The fraction of sp³-hybridized carbons (Fsp3) is 0.667. The van der Waals surface area contributed by atoms with Gasteiger partial charge in [-0.3, -0.25) is 9.89 Å². The number of nitrogens with zero attached hydrogens (tertiary/aromatic N) is 5. The van der Waals surface area contributed by atoms with Gasteiger partial charge in [-0.15, -0.1) is 10.2 Å². The maximum atomic E-state index is 13.0. The lowest BCUT2D eigenvalue weighted by atomic mass is 10.00. The summed E-state index contributed by atoms with van der Waals surface area (Å²) in [5.74, 6) is 2.11. The van der Waals surface area contributed by atoms with Gasteiger partial charge in [-0.2, -0.15) is 5.10 Å². The van der Waals surface area contributed by atoms with Gasteiger partial charge in [0.25, 0.3) is 5.91 Å². The van der Waals surface area contributed by atoms with Gasteiger partial charge in [0.05, 0.1) is 5.69 Å². The Morgan fingerprint density at radius 1 is 1.20 bits per heavy atom. The van der Waals surface area contributed by atoms with E-state index in [0.717, 1.165) is 56.6 Å². The van der Waals surface area contributed by atoms with E-state index in [0.29, 0.717) is 24.8 Å². The van der Waals surface area contributed by atoms with Crippen LogP contribution < -0.4 is 0 Å². The summed E-state index contributed by atoms with van der Waals surface area (Å²) in [6.45, 7) is 6.64. The number of hydrogen-bond donors (Lipinski definition) is 1. The van der Waals surface area contributed by atoms with E-state index in [2.05, 4.69) is 34.2 Å². The Bertz CT molecular complexity index is 775. The van der Waals surface area contributed by atoms with Crippen molar-refractivity contribution in [3.05, 3.63) is 28.6 Å². The van der Waals surface area contributed by atoms with Gasteiger partial charge in [-0.1, -0.05) is 13.8 Å². The third kappa shape index (κ3) is 3.07. The molecule has 0 atom stereocenters. The molecule has 4 heterocycles. The topological polar surface area (TPSA) is 79.7 Å². The number of hydrogen-bond acceptors (Lipinski definition) is 4. The molecule has 2 aliphatic rings. The number of carbonyl (C=O) groups excluding carboxylic acids is 1. The molecule has 0 saturated carbocycles. The first kappa shape index (κ1) is 16.3. The van der Waals surface area contributed by atoms with Crippen molar-refractivity contribution in [2.75, 3.05) is 6.54 Å². The number of amides is 1. The lowest BCUT2D eigenvalue weighted by Crippen LogP contribution is -2.38. The first-order valence-electron chi connectivity index (χ1n) is 9.40. The zero-order valence-corrected chi connectivity index (χ0v) is 15.1. The van der Waals surface area contributed by atoms with E-state index < -0.39 is 0 Å². The number of aromatic nitrogens is 5. The molecular weight excluding hydrogens is 316 g/mol. The highest BCUT2D eigenvalue weighted by Gasteiger charge is 2.29. The van der Waals surface area contributed by atoms with E-state index in [1.165, 1.54) is 11.3 Å². The van der Waals surface area contributed by atoms with Crippen LogP contribution in [0.2, 0.25) is 0 Å². The molecule has 0 spiro atoms. The van der Waals surface area contributed by atoms with Gasteiger partial charge >= 0.3 is 0 Å². The number of rotatable bonds is 4. The summed E-state index contributed by atoms with van der Waals surface area (Å²) in [5.41, 5.74) is 3.51. The van der Waals surface area contributed by atoms with Crippen LogP contribution in [0, 0.1) is 5.92 Å². The third-order valence-corrected chi connectivity index (χ3v) is 5.32. The zero-order valence-electron chi connectivity index (χ0n) is 15.1. The van der Waals surface area contributed by atoms with E-state index in [4.69, 9.17) is 0 Å². The van der Waals surface area contributed by atoms with Crippen molar-refractivity contribution in [3.63, 3.8) is 0 Å². The third-order valence-electron chi connectivity index (χ3n) is 5.32. The summed E-state index contributed by atoms with van der Waals surface area (Å²) in [4.78, 5) is 14.9. The van der Waals surface area contributed by atoms with Crippen molar-refractivity contribution >= 4 is 5.91 Å². The molecule has 0 bridgehead atoms. The van der Waals surface area contributed by atoms with Gasteiger partial charge in [0.1, 0.15) is 5.82 Å². The molecule has 7 heteroatoms. The van der Waals surface area contributed by atoms with Crippen molar-refractivity contribution in [2.24, 2.45) is 5.92 Å². The van der Waals surface area contributed by atoms with Gasteiger partial charge in [-0.25, -0.2) is 0 Å². The first-order chi connectivity index (χ1) is 12.1. The molecule has 1 amide bonds. The van der Waals surface area contributed by atoms with Crippen LogP contribution >= 0.6 is 0 Å². The van der Waals surface area contributed by atoms with Crippen LogP contribution in [0.5, 0.6) is 0 Å². The summed E-state index contributed by atoms with van der Waals surface area (Å²) >= 11 is 0. The van der Waals surface area contributed by atoms with E-state index in [-0.39, 0.29) is 5.91 Å². The van der Waals surface area contributed by atoms with Gasteiger partial charge in [0, 0.05) is 43.7 Å². The molecule has 0 saturated heterocycles. The van der Waals surface area contributed by atoms with Crippen LogP contribution in [0.25, 0.3) is 0 Å². The first-order valence-corrected chi connectivity index (χ1v) is 9.40. The van der Waals surface area contributed by atoms with Crippen molar-refractivity contribution in [1.29, 1.82) is 0 Å². The quantitative estimate of drug-likeness (QED) is 0.923. The second-order valence-corrected chi connectivity index (χ2v) is 7.59. The number of aromatic amines is 1. The van der Waals surface area contributed by atoms with Crippen LogP contribution in [0.1, 0.15) is 66.5 Å². The molecular formula is C18H26N6O. The maximum Gasteiger partial charge on any atom is 0.292 e. The molecule has 0 aromatic carbocycles. The van der Waals surface area contributed by atoms with E-state index in [1.54, 1.807) is 0 Å². The summed E-state index contributed by atoms with van der Waals surface area (Å²) in [5, 5.41) is 16.1. The summed E-state index contributed by atoms with van der Waals surface area (Å²) in [6, 6.07) is 0. The van der Waals surface area contributed by atoms with Crippen LogP contribution in [0.3, 0.4) is 0 Å². The molecule has 0 aliphatic carbocycles. The van der Waals surface area contributed by atoms with Crippen molar-refractivity contribution in [3.8, 4) is 0 Å². The molecule has 0 fully saturated rings. The van der Waals surface area contributed by atoms with E-state index in [9.17, 15) is 4.79 Å². The number of carbonyl (C=O) groups is 1. The van der Waals surface area contributed by atoms with E-state index >= 15 is 0 Å². The van der Waals surface area contributed by atoms with Crippen LogP contribution in [0.15, 0.2) is 0 Å². The lowest BCUT2D eigenvalue weighted by Gasteiger charge is -2.27. The smallest absolute Gasteiger partial charge is 0.292 e. The number of aryl methyl sites for hydroxylation is 2. The minimum Gasteiger partial charge on any atom is -0.331 e. The monoisotopic (exact) mass is 342 g/mol. The van der Waals surface area contributed by atoms with Crippen LogP contribution in [-0.4, -0.2) is 42.3 Å². The fourth-order valence-electron chi connectivity index (χ4n) is 3.77. The predicted molar refractivity (Wildman–Crippen MR) is 93.2 cm³/mol. The molecule has 2 aromatic rings. The summed E-state index contributed by atoms with van der Waals surface area (Å²) in [7, 11) is 0. The molecule has 0 unspecified atom stereocenters. The van der Waals surface area contributed by atoms with Crippen molar-refractivity contribution < 1.29 is 4.79 Å². The molecule has 1 N–H and O–H groups in total. The minimum atomic E-state index is 0.00214. The predicted octanol–water partition coefficient (Wildman–Crippen LogP) is 2.12. The second kappa shape index (κ2) is 6.61. The Morgan fingerprint density at radius 2 is 2.08 bits per heavy atom. The average Bonchev–Trinajstić information content (AvgIpc) is 3.23. The fourth-order valence-corrected chi connectivity index (χ4v) is 3.77. The Labute approximate surface area is 147 Å². The number of H-pyrrole nitrogens is 1. The lowest BCUT2D eigenvalue weighted by molar-refractivity contribution is 0.0714. The van der Waals surface area contributed by atoms with Crippen molar-refractivity contribution in [2.45, 2.75) is 65.5 Å². The second-order valence-electron chi connectivity index (χ2n) is 7.59. The molecule has 7 nitrogen and oxygen atoms in total. The van der Waals surface area contributed by atoms with Crippen molar-refractivity contribution in [1.82, 2.24) is 29.9 Å². The molecule has 2 aromatic heterocycles. The molecule has 2 aliphatic heterocycles. The Kier molecular flexibility index (Phi) is 4.31. The van der Waals surface area contributed by atoms with Gasteiger partial charge in [0.15, 0.2) is 0 Å². The highest BCUT2D eigenvalue weighted by Crippen LogP contribution is 2.24. The Morgan fingerprint density at radius 3 is 2.92 bits per heavy atom. The standard InChI is InChI=1S/C18H26N6O/c1-12(2)6-7-14-13-11-23(10-8-15(13)20-19-14)18(25)17-22-21-16-5-3-4-9-24(16)17/h12H,3-11H2,1-2H3,(H,19,20). The zero-order chi connectivity index (χ0) is 17.4. The summed E-state index contributed by atoms with van der Waals surface area (Å²) < 4.78 is 2.01. The highest BCUT2D eigenvalue weighted by molar-refractivity contribution is 5.91. The average molecular weight is 342 g/mol. The Hall–Kier alpha value is -2.18. The molecule has 134 valence electrons. The maximum absolute atomic E-state index is 13.0. The van der Waals surface area contributed by atoms with Crippen LogP contribution in [-0.2, 0) is 32.4 Å². The normalized spacial score (nSPS) is 16.8. The SMILES string of the molecule is CC(C)CCc1n[nH]c2c1CN(C(=O)c1nnc3n1CCCC3)CC2. The molecule has 0 radical (unpaired) electrons. The van der Waals surface area contributed by atoms with Gasteiger partial charge < -0.3 is 9.47 Å². The van der Waals surface area contributed by atoms with Gasteiger partial charge in [0.2, 0.25) is 5.82 Å². The highest BCUT2D eigenvalue weighted by atomic mass is 16.2. The number of fused-ring (bicyclic) bond motifs is 2. The molecule has 25 heavy (non-hydrogen) atoms. The molecule has 4 rings (SSSR count). The minimum absolute atomic E-state index is 0.00214. The largest absolute Gasteiger partial charge is 0.331 e. The number of nitrogens with one attached hydrogen (secondary N) is 1. The van der Waals surface area contributed by atoms with E-state index in [1.807, 2.05) is 9.47 Å². The van der Waals surface area contributed by atoms with Crippen LogP contribution in [0.4, 0.5) is 0 Å². The van der Waals surface area contributed by atoms with Gasteiger partial charge in [-0.05, 0) is 31.6 Å².